The lowest BCUT2D eigenvalue weighted by atomic mass is 10.0. The zero-order valence-electron chi connectivity index (χ0n) is 12.8. The quantitative estimate of drug-likeness (QED) is 0.845. The number of nitrogens with zero attached hydrogens (tertiary/aromatic N) is 1. The van der Waals surface area contributed by atoms with Gasteiger partial charge < -0.3 is 5.73 Å². The van der Waals surface area contributed by atoms with E-state index in [1.54, 1.807) is 0 Å². The van der Waals surface area contributed by atoms with E-state index in [-0.39, 0.29) is 12.4 Å². The summed E-state index contributed by atoms with van der Waals surface area (Å²) < 4.78 is 0. The van der Waals surface area contributed by atoms with Crippen LogP contribution in [0.4, 0.5) is 5.69 Å². The Balaban J connectivity index is 0.00000176. The maximum atomic E-state index is 5.91. The molecule has 0 aromatic heterocycles. The molecule has 0 bridgehead atoms. The average molecular weight is 335 g/mol. The van der Waals surface area contributed by atoms with Gasteiger partial charge in [0.2, 0.25) is 0 Å². The maximum Gasteiger partial charge on any atom is 0.0467 e. The van der Waals surface area contributed by atoms with Crippen LogP contribution in [0.5, 0.6) is 0 Å². The second-order valence-corrected chi connectivity index (χ2v) is 7.13. The van der Waals surface area contributed by atoms with Crippen molar-refractivity contribution in [2.75, 3.05) is 18.0 Å². The molecule has 22 heavy (non-hydrogen) atoms. The van der Waals surface area contributed by atoms with Crippen LogP contribution in [0.3, 0.4) is 0 Å². The topological polar surface area (TPSA) is 29.3 Å². The molecule has 2 aromatic carbocycles. The van der Waals surface area contributed by atoms with Crippen molar-refractivity contribution in [3.63, 3.8) is 0 Å². The smallest absolute Gasteiger partial charge is 0.0467 e. The summed E-state index contributed by atoms with van der Waals surface area (Å²) in [5.74, 6) is 1.20. The molecule has 0 saturated carbocycles. The third kappa shape index (κ3) is 3.97. The van der Waals surface area contributed by atoms with E-state index in [0.29, 0.717) is 11.3 Å². The highest BCUT2D eigenvalue weighted by Crippen LogP contribution is 2.36. The van der Waals surface area contributed by atoms with Gasteiger partial charge in [-0.25, -0.2) is 0 Å². The first kappa shape index (κ1) is 17.2. The van der Waals surface area contributed by atoms with Gasteiger partial charge in [0.05, 0.1) is 0 Å². The number of benzene rings is 2. The first-order valence-corrected chi connectivity index (χ1v) is 8.54. The second-order valence-electron chi connectivity index (χ2n) is 5.65. The number of rotatable bonds is 3. The highest BCUT2D eigenvalue weighted by atomic mass is 35.5. The van der Waals surface area contributed by atoms with Crippen LogP contribution >= 0.6 is 24.2 Å². The summed E-state index contributed by atoms with van der Waals surface area (Å²) in [5.41, 5.74) is 9.48. The molecule has 4 heteroatoms. The van der Waals surface area contributed by atoms with Crippen molar-refractivity contribution in [3.8, 4) is 0 Å². The van der Waals surface area contributed by atoms with Crippen molar-refractivity contribution in [1.82, 2.24) is 4.90 Å². The number of thioether (sulfide) groups is 1. The lowest BCUT2D eigenvalue weighted by Gasteiger charge is -2.40. The Morgan fingerprint density at radius 1 is 1.14 bits per heavy atom. The molecule has 2 aromatic rings. The minimum Gasteiger partial charge on any atom is -0.399 e. The van der Waals surface area contributed by atoms with Gasteiger partial charge in [-0.1, -0.05) is 49.4 Å². The Kier molecular flexibility index (Phi) is 6.18. The summed E-state index contributed by atoms with van der Waals surface area (Å²) in [6.07, 6.45) is 0. The fraction of sp³-hybridized carbons (Fsp3) is 0.333. The summed E-state index contributed by atoms with van der Waals surface area (Å²) in [5, 5.41) is 0.613. The summed E-state index contributed by atoms with van der Waals surface area (Å²) in [4.78, 5) is 2.59. The Morgan fingerprint density at radius 2 is 1.91 bits per heavy atom. The molecule has 1 fully saturated rings. The Hall–Kier alpha value is -1.16. The summed E-state index contributed by atoms with van der Waals surface area (Å²) in [6.45, 7) is 4.44. The van der Waals surface area contributed by atoms with E-state index in [1.165, 1.54) is 16.9 Å². The van der Waals surface area contributed by atoms with Gasteiger partial charge in [-0.05, 0) is 23.3 Å². The number of nitrogen functional groups attached to an aromatic ring is 1. The average Bonchev–Trinajstić information content (AvgIpc) is 2.48. The van der Waals surface area contributed by atoms with E-state index in [9.17, 15) is 0 Å². The molecule has 0 aliphatic carbocycles. The zero-order chi connectivity index (χ0) is 14.7. The highest BCUT2D eigenvalue weighted by molar-refractivity contribution is 8.00. The molecule has 2 atom stereocenters. The summed E-state index contributed by atoms with van der Waals surface area (Å²) in [7, 11) is 0. The minimum absolute atomic E-state index is 0. The Bertz CT molecular complexity index is 591. The fourth-order valence-corrected chi connectivity index (χ4v) is 4.34. The second kappa shape index (κ2) is 7.91. The van der Waals surface area contributed by atoms with Crippen molar-refractivity contribution in [1.29, 1.82) is 0 Å². The van der Waals surface area contributed by atoms with Gasteiger partial charge in [0, 0.05) is 35.8 Å². The van der Waals surface area contributed by atoms with Gasteiger partial charge in [0.1, 0.15) is 0 Å². The third-order valence-electron chi connectivity index (χ3n) is 4.08. The molecule has 118 valence electrons. The largest absolute Gasteiger partial charge is 0.399 e. The van der Waals surface area contributed by atoms with Crippen LogP contribution in [0.2, 0.25) is 0 Å². The van der Waals surface area contributed by atoms with Gasteiger partial charge in [0.25, 0.3) is 0 Å². The summed E-state index contributed by atoms with van der Waals surface area (Å²) in [6, 6.07) is 19.6. The van der Waals surface area contributed by atoms with Gasteiger partial charge in [0.15, 0.2) is 0 Å². The molecular formula is C18H23ClN2S. The lowest BCUT2D eigenvalue weighted by Crippen LogP contribution is -2.39. The van der Waals surface area contributed by atoms with Crippen LogP contribution in [0.25, 0.3) is 0 Å². The number of nitrogens with two attached hydrogens (primary N) is 1. The predicted molar refractivity (Wildman–Crippen MR) is 99.6 cm³/mol. The number of anilines is 1. The van der Waals surface area contributed by atoms with Gasteiger partial charge in [-0.15, -0.1) is 12.4 Å². The summed E-state index contributed by atoms with van der Waals surface area (Å²) >= 11 is 2.07. The van der Waals surface area contributed by atoms with Crippen LogP contribution in [0, 0.1) is 0 Å². The lowest BCUT2D eigenvalue weighted by molar-refractivity contribution is 0.192. The van der Waals surface area contributed by atoms with E-state index in [2.05, 4.69) is 66.1 Å². The number of hydrogen-bond donors (Lipinski definition) is 1. The Labute approximate surface area is 143 Å². The van der Waals surface area contributed by atoms with Crippen molar-refractivity contribution in [2.24, 2.45) is 0 Å². The van der Waals surface area contributed by atoms with E-state index in [1.807, 2.05) is 12.1 Å². The molecule has 1 heterocycles. The van der Waals surface area contributed by atoms with E-state index >= 15 is 0 Å². The van der Waals surface area contributed by atoms with E-state index in [4.69, 9.17) is 5.73 Å². The molecule has 1 saturated heterocycles. The van der Waals surface area contributed by atoms with Crippen molar-refractivity contribution in [2.45, 2.75) is 24.8 Å². The number of halogens is 1. The van der Waals surface area contributed by atoms with Crippen LogP contribution in [0.1, 0.15) is 24.1 Å². The van der Waals surface area contributed by atoms with Gasteiger partial charge in [-0.2, -0.15) is 11.8 Å². The first-order chi connectivity index (χ1) is 10.2. The molecule has 2 N–H and O–H groups in total. The maximum absolute atomic E-state index is 5.91. The SMILES string of the molecule is CC1SCCN(Cc2cccc(N)c2)C1c1ccccc1.Cl. The minimum atomic E-state index is 0. The zero-order valence-corrected chi connectivity index (χ0v) is 14.4. The standard InChI is InChI=1S/C18H22N2S.ClH/c1-14-18(16-7-3-2-4-8-16)20(10-11-21-14)13-15-6-5-9-17(19)12-15;/h2-9,12,14,18H,10-11,13,19H2,1H3;1H. The van der Waals surface area contributed by atoms with Crippen LogP contribution in [0.15, 0.2) is 54.6 Å². The van der Waals surface area contributed by atoms with Crippen LogP contribution < -0.4 is 5.73 Å². The molecule has 1 aliphatic heterocycles. The third-order valence-corrected chi connectivity index (χ3v) is 5.28. The molecule has 2 unspecified atom stereocenters. The monoisotopic (exact) mass is 334 g/mol. The molecule has 1 aliphatic rings. The normalized spacial score (nSPS) is 22.0. The Morgan fingerprint density at radius 3 is 2.64 bits per heavy atom. The van der Waals surface area contributed by atoms with Crippen LogP contribution in [-0.2, 0) is 6.54 Å². The molecule has 3 rings (SSSR count). The van der Waals surface area contributed by atoms with Crippen molar-refractivity contribution >= 4 is 29.9 Å². The number of hydrogen-bond acceptors (Lipinski definition) is 3. The van der Waals surface area contributed by atoms with Gasteiger partial charge in [-0.3, -0.25) is 4.90 Å². The molecule has 0 amide bonds. The molecule has 0 spiro atoms. The molecule has 0 radical (unpaired) electrons. The van der Waals surface area contributed by atoms with Crippen LogP contribution in [-0.4, -0.2) is 22.4 Å². The van der Waals surface area contributed by atoms with E-state index in [0.717, 1.165) is 18.8 Å². The predicted octanol–water partition coefficient (Wildman–Crippen LogP) is 4.37. The van der Waals surface area contributed by atoms with Crippen molar-refractivity contribution < 1.29 is 0 Å². The van der Waals surface area contributed by atoms with Gasteiger partial charge >= 0.3 is 0 Å². The molecule has 2 nitrogen and oxygen atoms in total. The molecular weight excluding hydrogens is 312 g/mol. The fourth-order valence-electron chi connectivity index (χ4n) is 3.12. The first-order valence-electron chi connectivity index (χ1n) is 7.49. The van der Waals surface area contributed by atoms with Crippen molar-refractivity contribution in [3.05, 3.63) is 65.7 Å². The van der Waals surface area contributed by atoms with E-state index < -0.39 is 0 Å². The highest BCUT2D eigenvalue weighted by Gasteiger charge is 2.30.